The summed E-state index contributed by atoms with van der Waals surface area (Å²) in [5.74, 6) is 0.736. The van der Waals surface area contributed by atoms with Crippen molar-refractivity contribution in [2.45, 2.75) is 46.6 Å². The van der Waals surface area contributed by atoms with Gasteiger partial charge in [0.25, 0.3) is 0 Å². The zero-order valence-electron chi connectivity index (χ0n) is 12.9. The number of hydrogen-bond acceptors (Lipinski definition) is 3. The van der Waals surface area contributed by atoms with Gasteiger partial charge in [-0.2, -0.15) is 0 Å². The summed E-state index contributed by atoms with van der Waals surface area (Å²) in [7, 11) is 0. The standard InChI is InChI=1S/C15H24N2O4/c1-11-4-5-12(21-11)10-17-14(20)16-9-8-15(2,3)7-6-13(18)19/h4-5H,6-10H2,1-3H3,(H,18,19)(H2,16,17,20). The second-order valence-electron chi connectivity index (χ2n) is 5.93. The van der Waals surface area contributed by atoms with E-state index in [1.165, 1.54) is 0 Å². The van der Waals surface area contributed by atoms with Gasteiger partial charge in [-0.3, -0.25) is 4.79 Å². The second-order valence-corrected chi connectivity index (χ2v) is 5.93. The largest absolute Gasteiger partial charge is 0.481 e. The Kier molecular flexibility index (Phi) is 6.27. The lowest BCUT2D eigenvalue weighted by Crippen LogP contribution is -2.36. The lowest BCUT2D eigenvalue weighted by Gasteiger charge is -2.23. The molecule has 0 fully saturated rings. The Morgan fingerprint density at radius 1 is 1.24 bits per heavy atom. The van der Waals surface area contributed by atoms with E-state index in [4.69, 9.17) is 9.52 Å². The Balaban J connectivity index is 2.19. The predicted molar refractivity (Wildman–Crippen MR) is 79.0 cm³/mol. The highest BCUT2D eigenvalue weighted by Crippen LogP contribution is 2.25. The third-order valence-electron chi connectivity index (χ3n) is 3.32. The Bertz CT molecular complexity index is 480. The number of aryl methyl sites for hydroxylation is 1. The molecule has 0 radical (unpaired) electrons. The lowest BCUT2D eigenvalue weighted by molar-refractivity contribution is -0.137. The molecule has 0 spiro atoms. The highest BCUT2D eigenvalue weighted by atomic mass is 16.4. The second kappa shape index (κ2) is 7.71. The molecule has 0 atom stereocenters. The van der Waals surface area contributed by atoms with E-state index in [2.05, 4.69) is 10.6 Å². The molecular weight excluding hydrogens is 272 g/mol. The first kappa shape index (κ1) is 17.1. The highest BCUT2D eigenvalue weighted by Gasteiger charge is 2.19. The van der Waals surface area contributed by atoms with Crippen LogP contribution in [-0.2, 0) is 11.3 Å². The maximum atomic E-state index is 11.6. The molecular formula is C15H24N2O4. The SMILES string of the molecule is Cc1ccc(CNC(=O)NCCC(C)(C)CCC(=O)O)o1. The molecule has 0 aliphatic carbocycles. The first-order valence-electron chi connectivity index (χ1n) is 7.07. The van der Waals surface area contributed by atoms with Gasteiger partial charge in [0, 0.05) is 13.0 Å². The minimum absolute atomic E-state index is 0.107. The van der Waals surface area contributed by atoms with Crippen LogP contribution in [0.1, 0.15) is 44.6 Å². The van der Waals surface area contributed by atoms with Crippen LogP contribution in [-0.4, -0.2) is 23.7 Å². The van der Waals surface area contributed by atoms with Gasteiger partial charge in [0.1, 0.15) is 11.5 Å². The van der Waals surface area contributed by atoms with Gasteiger partial charge in [0.15, 0.2) is 0 Å². The van der Waals surface area contributed by atoms with Crippen LogP contribution >= 0.6 is 0 Å². The average Bonchev–Trinajstić information content (AvgIpc) is 2.80. The number of rotatable bonds is 8. The Morgan fingerprint density at radius 3 is 2.52 bits per heavy atom. The summed E-state index contributed by atoms with van der Waals surface area (Å²) in [6, 6.07) is 3.42. The molecule has 2 amide bonds. The molecule has 3 N–H and O–H groups in total. The Morgan fingerprint density at radius 2 is 1.95 bits per heavy atom. The summed E-state index contributed by atoms with van der Waals surface area (Å²) in [5, 5.41) is 14.2. The van der Waals surface area contributed by atoms with E-state index in [0.717, 1.165) is 12.2 Å². The molecule has 0 saturated carbocycles. The molecule has 1 aromatic rings. The van der Waals surface area contributed by atoms with Crippen molar-refractivity contribution in [1.82, 2.24) is 10.6 Å². The molecule has 0 saturated heterocycles. The monoisotopic (exact) mass is 296 g/mol. The number of aliphatic carboxylic acids is 1. The summed E-state index contributed by atoms with van der Waals surface area (Å²) in [6.45, 7) is 6.71. The first-order chi connectivity index (χ1) is 9.78. The molecule has 1 heterocycles. The molecule has 0 unspecified atom stereocenters. The quantitative estimate of drug-likeness (QED) is 0.687. The summed E-state index contributed by atoms with van der Waals surface area (Å²) < 4.78 is 5.35. The summed E-state index contributed by atoms with van der Waals surface area (Å²) >= 11 is 0. The maximum absolute atomic E-state index is 11.6. The maximum Gasteiger partial charge on any atom is 0.315 e. The van der Waals surface area contributed by atoms with E-state index in [-0.39, 0.29) is 17.9 Å². The van der Waals surface area contributed by atoms with Gasteiger partial charge in [-0.25, -0.2) is 4.79 Å². The third-order valence-corrected chi connectivity index (χ3v) is 3.32. The molecule has 0 aliphatic heterocycles. The number of carboxylic acid groups (broad SMARTS) is 1. The molecule has 21 heavy (non-hydrogen) atoms. The molecule has 1 aromatic heterocycles. The highest BCUT2D eigenvalue weighted by molar-refractivity contribution is 5.73. The van der Waals surface area contributed by atoms with Gasteiger partial charge < -0.3 is 20.2 Å². The van der Waals surface area contributed by atoms with E-state index in [1.54, 1.807) is 0 Å². The molecule has 6 nitrogen and oxygen atoms in total. The van der Waals surface area contributed by atoms with E-state index >= 15 is 0 Å². The van der Waals surface area contributed by atoms with Crippen molar-refractivity contribution in [3.63, 3.8) is 0 Å². The van der Waals surface area contributed by atoms with Crippen molar-refractivity contribution < 1.29 is 19.1 Å². The summed E-state index contributed by atoms with van der Waals surface area (Å²) in [6.07, 6.45) is 1.47. The minimum Gasteiger partial charge on any atom is -0.481 e. The van der Waals surface area contributed by atoms with Crippen LogP contribution in [0.2, 0.25) is 0 Å². The van der Waals surface area contributed by atoms with E-state index in [0.29, 0.717) is 25.3 Å². The first-order valence-corrected chi connectivity index (χ1v) is 7.07. The van der Waals surface area contributed by atoms with Gasteiger partial charge in [-0.15, -0.1) is 0 Å². The fraction of sp³-hybridized carbons (Fsp3) is 0.600. The van der Waals surface area contributed by atoms with Crippen LogP contribution in [0.5, 0.6) is 0 Å². The van der Waals surface area contributed by atoms with E-state index in [1.807, 2.05) is 32.9 Å². The van der Waals surface area contributed by atoms with Crippen molar-refractivity contribution in [2.24, 2.45) is 5.41 Å². The van der Waals surface area contributed by atoms with Crippen molar-refractivity contribution in [3.8, 4) is 0 Å². The zero-order valence-corrected chi connectivity index (χ0v) is 12.9. The van der Waals surface area contributed by atoms with Crippen LogP contribution in [0.15, 0.2) is 16.5 Å². The van der Waals surface area contributed by atoms with Gasteiger partial charge in [0.05, 0.1) is 6.54 Å². The third kappa shape index (κ3) is 7.39. The minimum atomic E-state index is -0.789. The van der Waals surface area contributed by atoms with Crippen LogP contribution in [0.3, 0.4) is 0 Å². The number of amides is 2. The average molecular weight is 296 g/mol. The van der Waals surface area contributed by atoms with Gasteiger partial charge in [-0.05, 0) is 37.3 Å². The number of hydrogen-bond donors (Lipinski definition) is 3. The molecule has 1 rings (SSSR count). The van der Waals surface area contributed by atoms with Crippen LogP contribution < -0.4 is 10.6 Å². The zero-order chi connectivity index (χ0) is 15.9. The Labute approximate surface area is 124 Å². The molecule has 0 aromatic carbocycles. The number of carbonyl (C=O) groups is 2. The van der Waals surface area contributed by atoms with Gasteiger partial charge in [0.2, 0.25) is 0 Å². The topological polar surface area (TPSA) is 91.6 Å². The lowest BCUT2D eigenvalue weighted by atomic mass is 9.84. The summed E-state index contributed by atoms with van der Waals surface area (Å²) in [4.78, 5) is 22.2. The molecule has 0 aliphatic rings. The van der Waals surface area contributed by atoms with Crippen molar-refractivity contribution in [3.05, 3.63) is 23.7 Å². The van der Waals surface area contributed by atoms with Gasteiger partial charge in [-0.1, -0.05) is 13.8 Å². The Hall–Kier alpha value is -1.98. The summed E-state index contributed by atoms with van der Waals surface area (Å²) in [5.41, 5.74) is -0.107. The van der Waals surface area contributed by atoms with Crippen molar-refractivity contribution >= 4 is 12.0 Å². The smallest absolute Gasteiger partial charge is 0.315 e. The normalized spacial score (nSPS) is 11.2. The molecule has 118 valence electrons. The van der Waals surface area contributed by atoms with Crippen LogP contribution in [0, 0.1) is 12.3 Å². The number of urea groups is 1. The predicted octanol–water partition coefficient (Wildman–Crippen LogP) is 2.67. The van der Waals surface area contributed by atoms with E-state index in [9.17, 15) is 9.59 Å². The number of carboxylic acids is 1. The fourth-order valence-corrected chi connectivity index (χ4v) is 1.89. The molecule has 0 bridgehead atoms. The number of nitrogens with one attached hydrogen (secondary N) is 2. The van der Waals surface area contributed by atoms with E-state index < -0.39 is 5.97 Å². The van der Waals surface area contributed by atoms with Crippen LogP contribution in [0.25, 0.3) is 0 Å². The van der Waals surface area contributed by atoms with Crippen molar-refractivity contribution in [2.75, 3.05) is 6.54 Å². The van der Waals surface area contributed by atoms with Crippen LogP contribution in [0.4, 0.5) is 4.79 Å². The number of carbonyl (C=O) groups excluding carboxylic acids is 1. The number of furan rings is 1. The molecule has 6 heteroatoms. The fourth-order valence-electron chi connectivity index (χ4n) is 1.89. The van der Waals surface area contributed by atoms with Crippen molar-refractivity contribution in [1.29, 1.82) is 0 Å². The van der Waals surface area contributed by atoms with Gasteiger partial charge >= 0.3 is 12.0 Å².